The molecule has 2 saturated carbocycles. The summed E-state index contributed by atoms with van der Waals surface area (Å²) in [5, 5.41) is 0.759. The van der Waals surface area contributed by atoms with E-state index >= 15 is 0 Å². The largest absolute Gasteiger partial charge is 0.465 e. The maximum absolute atomic E-state index is 12.3. The average Bonchev–Trinajstić information content (AvgIpc) is 3.35. The van der Waals surface area contributed by atoms with Crippen molar-refractivity contribution in [3.05, 3.63) is 10.4 Å². The number of nitrogens with zero attached hydrogens (tertiary/aromatic N) is 1. The minimum atomic E-state index is -0.462. The molecule has 3 rings (SSSR count). The van der Waals surface area contributed by atoms with Crippen LogP contribution in [0.5, 0.6) is 0 Å². The number of nitrogen functional groups attached to an aromatic ring is 1. The molecule has 0 unspecified atom stereocenters. The molecule has 0 aromatic carbocycles. The zero-order chi connectivity index (χ0) is 15.1. The van der Waals surface area contributed by atoms with Gasteiger partial charge in [0.1, 0.15) is 10.6 Å². The molecule has 0 spiro atoms. The van der Waals surface area contributed by atoms with Crippen molar-refractivity contribution in [1.29, 1.82) is 0 Å². The Morgan fingerprint density at radius 1 is 1.33 bits per heavy atom. The topological polar surface area (TPSA) is 72.6 Å². The van der Waals surface area contributed by atoms with Gasteiger partial charge in [-0.15, -0.1) is 11.3 Å². The van der Waals surface area contributed by atoms with E-state index < -0.39 is 5.97 Å². The number of carbonyl (C=O) groups is 2. The van der Waals surface area contributed by atoms with Gasteiger partial charge in [-0.3, -0.25) is 4.79 Å². The first-order valence-corrected chi connectivity index (χ1v) is 8.10. The first-order valence-electron chi connectivity index (χ1n) is 7.28. The highest BCUT2D eigenvalue weighted by Gasteiger charge is 2.36. The molecule has 0 bridgehead atoms. The molecule has 0 saturated heterocycles. The highest BCUT2D eigenvalue weighted by Crippen LogP contribution is 2.44. The Kier molecular flexibility index (Phi) is 3.65. The third kappa shape index (κ3) is 2.77. The van der Waals surface area contributed by atoms with Crippen LogP contribution in [-0.2, 0) is 4.74 Å². The van der Waals surface area contributed by atoms with E-state index in [1.807, 2.05) is 11.9 Å². The zero-order valence-corrected chi connectivity index (χ0v) is 13.2. The number of thiophene rings is 1. The molecule has 1 aromatic heterocycles. The molecule has 21 heavy (non-hydrogen) atoms. The van der Waals surface area contributed by atoms with Crippen molar-refractivity contribution in [1.82, 2.24) is 0 Å². The highest BCUT2D eigenvalue weighted by molar-refractivity contribution is 7.19. The number of ketones is 1. The number of rotatable bonds is 6. The Hall–Kier alpha value is -1.56. The van der Waals surface area contributed by atoms with Gasteiger partial charge in [0.15, 0.2) is 5.78 Å². The van der Waals surface area contributed by atoms with Gasteiger partial charge >= 0.3 is 5.97 Å². The predicted molar refractivity (Wildman–Crippen MR) is 83.1 cm³/mol. The minimum Gasteiger partial charge on any atom is -0.465 e. The third-order valence-corrected chi connectivity index (χ3v) is 5.40. The smallest absolute Gasteiger partial charge is 0.343 e. The number of hydrogen-bond donors (Lipinski definition) is 1. The van der Waals surface area contributed by atoms with Crippen LogP contribution in [0.4, 0.5) is 10.7 Å². The van der Waals surface area contributed by atoms with Gasteiger partial charge in [0.25, 0.3) is 0 Å². The summed E-state index contributed by atoms with van der Waals surface area (Å²) in [5.74, 6) is 0.398. The van der Waals surface area contributed by atoms with Crippen molar-refractivity contribution in [3.63, 3.8) is 0 Å². The molecule has 2 N–H and O–H groups in total. The molecule has 0 aliphatic heterocycles. The van der Waals surface area contributed by atoms with Crippen LogP contribution in [0.3, 0.4) is 0 Å². The molecule has 1 heterocycles. The molecular formula is C15H20N2O3S. The number of anilines is 2. The highest BCUT2D eigenvalue weighted by atomic mass is 32.1. The quantitative estimate of drug-likeness (QED) is 0.646. The van der Waals surface area contributed by atoms with Crippen LogP contribution >= 0.6 is 11.3 Å². The van der Waals surface area contributed by atoms with Crippen LogP contribution in [0.25, 0.3) is 0 Å². The Balaban J connectivity index is 1.96. The molecular weight excluding hydrogens is 288 g/mol. The molecule has 2 fully saturated rings. The lowest BCUT2D eigenvalue weighted by atomic mass is 10.1. The van der Waals surface area contributed by atoms with E-state index in [0.29, 0.717) is 22.0 Å². The fourth-order valence-corrected chi connectivity index (χ4v) is 3.68. The second-order valence-corrected chi connectivity index (χ2v) is 6.98. The Morgan fingerprint density at radius 2 is 2.00 bits per heavy atom. The Labute approximate surface area is 128 Å². The van der Waals surface area contributed by atoms with E-state index in [9.17, 15) is 9.59 Å². The number of ether oxygens (including phenoxy) is 1. The summed E-state index contributed by atoms with van der Waals surface area (Å²) in [7, 11) is 3.29. The first kappa shape index (κ1) is 14.4. The molecule has 0 radical (unpaired) electrons. The fourth-order valence-electron chi connectivity index (χ4n) is 2.48. The summed E-state index contributed by atoms with van der Waals surface area (Å²) < 4.78 is 4.85. The van der Waals surface area contributed by atoms with E-state index in [2.05, 4.69) is 0 Å². The van der Waals surface area contributed by atoms with Crippen molar-refractivity contribution in [3.8, 4) is 0 Å². The number of hydrogen-bond acceptors (Lipinski definition) is 6. The summed E-state index contributed by atoms with van der Waals surface area (Å²) in [4.78, 5) is 26.9. The van der Waals surface area contributed by atoms with Crippen molar-refractivity contribution < 1.29 is 14.3 Å². The molecule has 0 atom stereocenters. The number of carbonyl (C=O) groups excluding carboxylic acids is 2. The van der Waals surface area contributed by atoms with E-state index in [4.69, 9.17) is 10.5 Å². The minimum absolute atomic E-state index is 0.0775. The lowest BCUT2D eigenvalue weighted by Gasteiger charge is -2.18. The first-order chi connectivity index (χ1) is 10.0. The van der Waals surface area contributed by atoms with E-state index in [0.717, 1.165) is 24.4 Å². The second-order valence-electron chi connectivity index (χ2n) is 5.98. The van der Waals surface area contributed by atoms with Gasteiger partial charge in [-0.25, -0.2) is 4.79 Å². The zero-order valence-electron chi connectivity index (χ0n) is 12.3. The molecule has 6 heteroatoms. The molecule has 114 valence electrons. The van der Waals surface area contributed by atoms with Crippen LogP contribution in [0.2, 0.25) is 0 Å². The van der Waals surface area contributed by atoms with Crippen LogP contribution in [0.1, 0.15) is 45.7 Å². The summed E-state index contributed by atoms with van der Waals surface area (Å²) in [5.41, 5.74) is 6.74. The average molecular weight is 308 g/mol. The van der Waals surface area contributed by atoms with Gasteiger partial charge in [0.2, 0.25) is 0 Å². The summed E-state index contributed by atoms with van der Waals surface area (Å²) in [6, 6.07) is 0. The van der Waals surface area contributed by atoms with Crippen LogP contribution in [0, 0.1) is 11.8 Å². The van der Waals surface area contributed by atoms with E-state index in [1.165, 1.54) is 31.3 Å². The lowest BCUT2D eigenvalue weighted by molar-refractivity contribution is 0.0603. The maximum atomic E-state index is 12.3. The summed E-state index contributed by atoms with van der Waals surface area (Å²) in [6.45, 7) is 0.890. The predicted octanol–water partition coefficient (Wildman–Crippen LogP) is 2.56. The van der Waals surface area contributed by atoms with Crippen molar-refractivity contribution in [2.24, 2.45) is 11.8 Å². The summed E-state index contributed by atoms with van der Waals surface area (Å²) in [6.07, 6.45) is 4.31. The van der Waals surface area contributed by atoms with Gasteiger partial charge in [-0.2, -0.15) is 0 Å². The Bertz CT molecular complexity index is 588. The van der Waals surface area contributed by atoms with Gasteiger partial charge in [-0.05, 0) is 31.6 Å². The van der Waals surface area contributed by atoms with Gasteiger partial charge < -0.3 is 15.4 Å². The number of nitrogens with two attached hydrogens (primary N) is 1. The van der Waals surface area contributed by atoms with Crippen molar-refractivity contribution in [2.45, 2.75) is 25.7 Å². The maximum Gasteiger partial charge on any atom is 0.343 e. The van der Waals surface area contributed by atoms with Gasteiger partial charge in [-0.1, -0.05) is 0 Å². The van der Waals surface area contributed by atoms with Crippen LogP contribution in [-0.4, -0.2) is 32.5 Å². The molecule has 1 aromatic rings. The van der Waals surface area contributed by atoms with Gasteiger partial charge in [0, 0.05) is 19.5 Å². The third-order valence-electron chi connectivity index (χ3n) is 4.06. The van der Waals surface area contributed by atoms with E-state index in [1.54, 1.807) is 0 Å². The number of esters is 1. The monoisotopic (exact) mass is 308 g/mol. The number of Topliss-reactive ketones (excluding diaryl/α,β-unsaturated/α-hetero) is 1. The number of methoxy groups -OCH3 is 1. The van der Waals surface area contributed by atoms with E-state index in [-0.39, 0.29) is 11.7 Å². The second kappa shape index (κ2) is 5.33. The van der Waals surface area contributed by atoms with Crippen molar-refractivity contribution >= 4 is 33.8 Å². The normalized spacial score (nSPS) is 17.6. The molecule has 2 aliphatic rings. The SMILES string of the molecule is COC(=O)c1c(N(C)CC2CC2)sc(C(=O)C2CC2)c1N. The molecule has 5 nitrogen and oxygen atoms in total. The van der Waals surface area contributed by atoms with Crippen LogP contribution < -0.4 is 10.6 Å². The standard InChI is InChI=1S/C15H20N2O3S/c1-17(7-8-3-4-8)14-10(15(19)20-2)11(16)13(21-14)12(18)9-5-6-9/h8-9H,3-7,16H2,1-2H3. The fraction of sp³-hybridized carbons (Fsp3) is 0.600. The molecule has 0 amide bonds. The Morgan fingerprint density at radius 3 is 2.52 bits per heavy atom. The lowest BCUT2D eigenvalue weighted by Crippen LogP contribution is -2.21. The van der Waals surface area contributed by atoms with Crippen molar-refractivity contribution in [2.75, 3.05) is 31.3 Å². The van der Waals surface area contributed by atoms with Crippen LogP contribution in [0.15, 0.2) is 0 Å². The summed E-state index contributed by atoms with van der Waals surface area (Å²) >= 11 is 1.33. The molecule has 2 aliphatic carbocycles. The van der Waals surface area contributed by atoms with Gasteiger partial charge in [0.05, 0.1) is 17.7 Å².